The lowest BCUT2D eigenvalue weighted by atomic mass is 9.52. The Morgan fingerprint density at radius 2 is 1.24 bits per heavy atom. The van der Waals surface area contributed by atoms with Gasteiger partial charge < -0.3 is 10.6 Å². The summed E-state index contributed by atoms with van der Waals surface area (Å²) >= 11 is 0. The molecular weight excluding hydrogens is 216 g/mol. The van der Waals surface area contributed by atoms with Crippen LogP contribution in [0, 0.1) is 5.41 Å². The first-order valence-corrected chi connectivity index (χ1v) is 6.53. The van der Waals surface area contributed by atoms with Crippen molar-refractivity contribution >= 4 is 11.8 Å². The molecule has 2 fully saturated rings. The molecule has 2 aliphatic carbocycles. The third-order valence-corrected chi connectivity index (χ3v) is 3.53. The van der Waals surface area contributed by atoms with E-state index >= 15 is 0 Å². The van der Waals surface area contributed by atoms with E-state index in [2.05, 4.69) is 10.6 Å². The van der Waals surface area contributed by atoms with E-state index in [9.17, 15) is 9.59 Å². The van der Waals surface area contributed by atoms with Crippen molar-refractivity contribution in [2.45, 2.75) is 65.5 Å². The molecule has 2 rings (SSSR count). The Balaban J connectivity index is 0. The van der Waals surface area contributed by atoms with E-state index in [0.717, 1.165) is 25.7 Å². The Morgan fingerprint density at radius 3 is 1.47 bits per heavy atom. The summed E-state index contributed by atoms with van der Waals surface area (Å²) < 4.78 is 0. The van der Waals surface area contributed by atoms with Crippen LogP contribution in [0.25, 0.3) is 0 Å². The molecule has 2 amide bonds. The summed E-state index contributed by atoms with van der Waals surface area (Å²) in [4.78, 5) is 21.6. The second-order valence-electron chi connectivity index (χ2n) is 5.11. The summed E-state index contributed by atoms with van der Waals surface area (Å²) in [7, 11) is 0. The van der Waals surface area contributed by atoms with Crippen LogP contribution in [-0.4, -0.2) is 23.9 Å². The third-order valence-electron chi connectivity index (χ3n) is 3.53. The molecule has 0 bridgehead atoms. The third kappa shape index (κ3) is 3.45. The predicted molar refractivity (Wildman–Crippen MR) is 71.7 cm³/mol. The van der Waals surface area contributed by atoms with Crippen LogP contribution in [0.15, 0.2) is 0 Å². The SMILES string of the molecule is CC.CC(=O)NC1CC2(C1)CC(NC(C)=O)C2.[HH].[HH]. The van der Waals surface area contributed by atoms with Gasteiger partial charge in [0.2, 0.25) is 11.8 Å². The van der Waals surface area contributed by atoms with Crippen LogP contribution in [0.3, 0.4) is 0 Å². The summed E-state index contributed by atoms with van der Waals surface area (Å²) in [5.74, 6) is 0.125. The lowest BCUT2D eigenvalue weighted by Crippen LogP contribution is -2.60. The highest BCUT2D eigenvalue weighted by Crippen LogP contribution is 2.55. The number of rotatable bonds is 2. The van der Waals surface area contributed by atoms with Crippen LogP contribution < -0.4 is 10.6 Å². The fourth-order valence-corrected chi connectivity index (χ4v) is 3.08. The standard InChI is InChI=1S/C11H18N2O2.C2H6.2H2/c1-7(14)12-9-3-11(4-9)5-10(6-11)13-8(2)15;1-2;;/h9-10H,3-6H2,1-2H3,(H,12,14)(H,13,15);1-2H3;2*1H. The monoisotopic (exact) mass is 244 g/mol. The largest absolute Gasteiger partial charge is 0.354 e. The molecule has 0 atom stereocenters. The van der Waals surface area contributed by atoms with Gasteiger partial charge in [-0.1, -0.05) is 13.8 Å². The molecular formula is C13H28N2O2. The molecule has 0 heterocycles. The number of nitrogens with one attached hydrogen (secondary N) is 2. The molecule has 0 unspecified atom stereocenters. The summed E-state index contributed by atoms with van der Waals surface area (Å²) in [6, 6.07) is 0.751. The quantitative estimate of drug-likeness (QED) is 0.781. The van der Waals surface area contributed by atoms with E-state index in [1.165, 1.54) is 0 Å². The number of carbonyl (C=O) groups is 2. The molecule has 4 heteroatoms. The Hall–Kier alpha value is -1.06. The van der Waals surface area contributed by atoms with E-state index in [1.807, 2.05) is 13.8 Å². The summed E-state index contributed by atoms with van der Waals surface area (Å²) in [6.45, 7) is 7.12. The molecule has 2 N–H and O–H groups in total. The normalized spacial score (nSPS) is 33.6. The van der Waals surface area contributed by atoms with E-state index < -0.39 is 0 Å². The zero-order valence-electron chi connectivity index (χ0n) is 11.3. The molecule has 2 aliphatic rings. The fourth-order valence-electron chi connectivity index (χ4n) is 3.08. The average molecular weight is 244 g/mol. The van der Waals surface area contributed by atoms with Gasteiger partial charge in [-0.2, -0.15) is 0 Å². The molecule has 102 valence electrons. The molecule has 4 nitrogen and oxygen atoms in total. The van der Waals surface area contributed by atoms with Crippen LogP contribution >= 0.6 is 0 Å². The lowest BCUT2D eigenvalue weighted by molar-refractivity contribution is -0.124. The molecule has 0 aromatic rings. The van der Waals surface area contributed by atoms with Crippen LogP contribution in [0.1, 0.15) is 56.2 Å². The zero-order valence-corrected chi connectivity index (χ0v) is 11.3. The highest BCUT2D eigenvalue weighted by Gasteiger charge is 2.53. The molecule has 1 spiro atoms. The molecule has 0 aliphatic heterocycles. The van der Waals surface area contributed by atoms with E-state index in [4.69, 9.17) is 0 Å². The zero-order chi connectivity index (χ0) is 13.1. The minimum Gasteiger partial charge on any atom is -0.354 e. The highest BCUT2D eigenvalue weighted by molar-refractivity contribution is 5.74. The molecule has 2 saturated carbocycles. The fraction of sp³-hybridized carbons (Fsp3) is 0.846. The van der Waals surface area contributed by atoms with Crippen molar-refractivity contribution in [3.63, 3.8) is 0 Å². The molecule has 0 saturated heterocycles. The van der Waals surface area contributed by atoms with Crippen LogP contribution in [0.4, 0.5) is 0 Å². The maximum absolute atomic E-state index is 10.8. The number of hydrogen-bond acceptors (Lipinski definition) is 2. The minimum atomic E-state index is 0. The van der Waals surface area contributed by atoms with Gasteiger partial charge >= 0.3 is 0 Å². The van der Waals surface area contributed by atoms with E-state index in [0.29, 0.717) is 17.5 Å². The van der Waals surface area contributed by atoms with E-state index in [-0.39, 0.29) is 14.7 Å². The highest BCUT2D eigenvalue weighted by atomic mass is 16.2. The van der Waals surface area contributed by atoms with Gasteiger partial charge in [-0.15, -0.1) is 0 Å². The number of amides is 2. The summed E-state index contributed by atoms with van der Waals surface area (Å²) in [6.07, 6.45) is 4.34. The van der Waals surface area contributed by atoms with Gasteiger partial charge in [0, 0.05) is 28.8 Å². The van der Waals surface area contributed by atoms with Crippen LogP contribution in [0.5, 0.6) is 0 Å². The maximum atomic E-state index is 10.8. The number of hydrogen-bond donors (Lipinski definition) is 2. The van der Waals surface area contributed by atoms with Crippen molar-refractivity contribution in [2.24, 2.45) is 5.41 Å². The molecule has 0 radical (unpaired) electrons. The first-order valence-electron chi connectivity index (χ1n) is 6.53. The maximum Gasteiger partial charge on any atom is 0.217 e. The smallest absolute Gasteiger partial charge is 0.217 e. The van der Waals surface area contributed by atoms with Gasteiger partial charge in [-0.25, -0.2) is 0 Å². The van der Waals surface area contributed by atoms with Crippen molar-refractivity contribution in [3.8, 4) is 0 Å². The number of carbonyl (C=O) groups excluding carboxylic acids is 2. The Bertz CT molecular complexity index is 266. The Labute approximate surface area is 107 Å². The Morgan fingerprint density at radius 1 is 0.941 bits per heavy atom. The van der Waals surface area contributed by atoms with Gasteiger partial charge in [-0.05, 0) is 31.1 Å². The van der Waals surface area contributed by atoms with Crippen LogP contribution in [0.2, 0.25) is 0 Å². The molecule has 0 aromatic carbocycles. The summed E-state index contributed by atoms with van der Waals surface area (Å²) in [5, 5.41) is 5.86. The second-order valence-corrected chi connectivity index (χ2v) is 5.11. The molecule has 17 heavy (non-hydrogen) atoms. The van der Waals surface area contributed by atoms with Gasteiger partial charge in [0.25, 0.3) is 0 Å². The van der Waals surface area contributed by atoms with Gasteiger partial charge in [0.05, 0.1) is 0 Å². The lowest BCUT2D eigenvalue weighted by Gasteiger charge is -2.57. The van der Waals surface area contributed by atoms with Crippen molar-refractivity contribution in [1.29, 1.82) is 0 Å². The van der Waals surface area contributed by atoms with Crippen molar-refractivity contribution in [3.05, 3.63) is 0 Å². The first kappa shape index (κ1) is 14.0. The summed E-state index contributed by atoms with van der Waals surface area (Å²) in [5.41, 5.74) is 0.431. The average Bonchev–Trinajstić information content (AvgIpc) is 2.13. The Kier molecular flexibility index (Phi) is 4.54. The van der Waals surface area contributed by atoms with Gasteiger partial charge in [0.1, 0.15) is 0 Å². The predicted octanol–water partition coefficient (Wildman–Crippen LogP) is 2.09. The van der Waals surface area contributed by atoms with Crippen molar-refractivity contribution in [1.82, 2.24) is 10.6 Å². The van der Waals surface area contributed by atoms with Crippen molar-refractivity contribution < 1.29 is 12.4 Å². The van der Waals surface area contributed by atoms with Crippen LogP contribution in [-0.2, 0) is 9.59 Å². The van der Waals surface area contributed by atoms with Crippen molar-refractivity contribution in [2.75, 3.05) is 0 Å². The second kappa shape index (κ2) is 5.52. The molecule has 0 aromatic heterocycles. The van der Waals surface area contributed by atoms with E-state index in [1.54, 1.807) is 13.8 Å². The topological polar surface area (TPSA) is 58.2 Å². The van der Waals surface area contributed by atoms with Gasteiger partial charge in [0.15, 0.2) is 0 Å². The van der Waals surface area contributed by atoms with Gasteiger partial charge in [-0.3, -0.25) is 9.59 Å². The minimum absolute atomic E-state index is 0. The first-order chi connectivity index (χ1) is 7.99.